The molecule has 5 nitrogen and oxygen atoms in total. The van der Waals surface area contributed by atoms with Crippen molar-refractivity contribution < 1.29 is 14.7 Å². The Morgan fingerprint density at radius 3 is 2.71 bits per heavy atom. The summed E-state index contributed by atoms with van der Waals surface area (Å²) in [6.45, 7) is 3.43. The number of benzene rings is 1. The number of carbonyl (C=O) groups excluding carboxylic acids is 1. The molecule has 92 valence electrons. The molecule has 1 atom stereocenters. The molecule has 0 aliphatic rings. The number of carbonyl (C=O) groups is 2. The number of aliphatic carboxylic acids is 1. The van der Waals surface area contributed by atoms with Gasteiger partial charge in [0.1, 0.15) is 6.04 Å². The molecule has 0 bridgehead atoms. The summed E-state index contributed by atoms with van der Waals surface area (Å²) < 4.78 is 0. The second-order valence-corrected chi connectivity index (χ2v) is 3.71. The number of amides is 2. The molecule has 0 aliphatic heterocycles. The molecule has 0 saturated carbocycles. The summed E-state index contributed by atoms with van der Waals surface area (Å²) in [7, 11) is 0. The molecule has 17 heavy (non-hydrogen) atoms. The number of rotatable bonds is 4. The molecular formula is C12H16N2O3. The van der Waals surface area contributed by atoms with E-state index in [0.717, 1.165) is 12.0 Å². The molecule has 0 heterocycles. The van der Waals surface area contributed by atoms with Gasteiger partial charge in [-0.05, 0) is 31.0 Å². The molecule has 0 spiro atoms. The molecule has 1 aromatic carbocycles. The number of aryl methyl sites for hydroxylation is 1. The van der Waals surface area contributed by atoms with E-state index in [1.54, 1.807) is 6.07 Å². The minimum Gasteiger partial charge on any atom is -0.480 e. The van der Waals surface area contributed by atoms with Gasteiger partial charge >= 0.3 is 12.0 Å². The fourth-order valence-electron chi connectivity index (χ4n) is 1.29. The topological polar surface area (TPSA) is 78.4 Å². The Labute approximate surface area is 99.8 Å². The van der Waals surface area contributed by atoms with Crippen molar-refractivity contribution in [2.45, 2.75) is 26.3 Å². The van der Waals surface area contributed by atoms with Crippen LogP contribution >= 0.6 is 0 Å². The fourth-order valence-corrected chi connectivity index (χ4v) is 1.29. The Balaban J connectivity index is 2.58. The minimum absolute atomic E-state index is 0.520. The van der Waals surface area contributed by atoms with Gasteiger partial charge in [-0.3, -0.25) is 4.79 Å². The highest BCUT2D eigenvalue weighted by Crippen LogP contribution is 2.10. The van der Waals surface area contributed by atoms with E-state index in [-0.39, 0.29) is 0 Å². The molecular weight excluding hydrogens is 220 g/mol. The van der Waals surface area contributed by atoms with Crippen LogP contribution < -0.4 is 10.6 Å². The van der Waals surface area contributed by atoms with Gasteiger partial charge in [-0.2, -0.15) is 0 Å². The van der Waals surface area contributed by atoms with Crippen LogP contribution in [0.15, 0.2) is 24.3 Å². The third-order valence-electron chi connectivity index (χ3n) is 2.31. The normalized spacial score (nSPS) is 11.6. The zero-order valence-corrected chi connectivity index (χ0v) is 9.86. The van der Waals surface area contributed by atoms with E-state index < -0.39 is 18.0 Å². The predicted octanol–water partition coefficient (Wildman–Crippen LogP) is 1.84. The van der Waals surface area contributed by atoms with E-state index in [4.69, 9.17) is 5.11 Å². The molecule has 1 aromatic rings. The van der Waals surface area contributed by atoms with Crippen LogP contribution in [-0.4, -0.2) is 23.1 Å². The molecule has 0 aromatic heterocycles. The Bertz CT molecular complexity index is 418. The van der Waals surface area contributed by atoms with Crippen molar-refractivity contribution in [3.63, 3.8) is 0 Å². The highest BCUT2D eigenvalue weighted by molar-refractivity contribution is 5.92. The van der Waals surface area contributed by atoms with Gasteiger partial charge < -0.3 is 15.7 Å². The Hall–Kier alpha value is -2.04. The lowest BCUT2D eigenvalue weighted by atomic mass is 10.1. The second-order valence-electron chi connectivity index (χ2n) is 3.71. The quantitative estimate of drug-likeness (QED) is 0.746. The lowest BCUT2D eigenvalue weighted by Gasteiger charge is -2.11. The lowest BCUT2D eigenvalue weighted by molar-refractivity contribution is -0.138. The van der Waals surface area contributed by atoms with Crippen LogP contribution in [0.5, 0.6) is 0 Å². The number of nitrogens with one attached hydrogen (secondary N) is 2. The zero-order valence-electron chi connectivity index (χ0n) is 9.86. The molecule has 3 N–H and O–H groups in total. The van der Waals surface area contributed by atoms with Crippen molar-refractivity contribution >= 4 is 17.7 Å². The second kappa shape index (κ2) is 5.89. The Morgan fingerprint density at radius 1 is 1.41 bits per heavy atom. The first-order valence-electron chi connectivity index (χ1n) is 5.42. The first-order valence-corrected chi connectivity index (χ1v) is 5.42. The molecule has 0 aliphatic carbocycles. The Morgan fingerprint density at radius 2 is 2.12 bits per heavy atom. The van der Waals surface area contributed by atoms with Gasteiger partial charge in [0.2, 0.25) is 0 Å². The van der Waals surface area contributed by atoms with Crippen molar-refractivity contribution in [2.24, 2.45) is 0 Å². The summed E-state index contributed by atoms with van der Waals surface area (Å²) >= 11 is 0. The van der Waals surface area contributed by atoms with Crippen LogP contribution in [0.4, 0.5) is 10.5 Å². The summed E-state index contributed by atoms with van der Waals surface area (Å²) in [6.07, 6.45) is 0.878. The summed E-state index contributed by atoms with van der Waals surface area (Å²) in [5.41, 5.74) is 1.76. The van der Waals surface area contributed by atoms with Gasteiger partial charge in [0.05, 0.1) is 0 Å². The lowest BCUT2D eigenvalue weighted by Crippen LogP contribution is -2.40. The van der Waals surface area contributed by atoms with E-state index in [0.29, 0.717) is 5.69 Å². The van der Waals surface area contributed by atoms with Crippen LogP contribution in [0.25, 0.3) is 0 Å². The summed E-state index contributed by atoms with van der Waals surface area (Å²) in [5, 5.41) is 13.5. The highest BCUT2D eigenvalue weighted by Gasteiger charge is 2.13. The van der Waals surface area contributed by atoms with Gasteiger partial charge in [0.25, 0.3) is 0 Å². The summed E-state index contributed by atoms with van der Waals surface area (Å²) in [6, 6.07) is 5.98. The maximum Gasteiger partial charge on any atom is 0.325 e. The highest BCUT2D eigenvalue weighted by atomic mass is 16.4. The van der Waals surface area contributed by atoms with E-state index in [9.17, 15) is 9.59 Å². The monoisotopic (exact) mass is 236 g/mol. The van der Waals surface area contributed by atoms with Crippen molar-refractivity contribution in [1.29, 1.82) is 0 Å². The Kier molecular flexibility index (Phi) is 4.51. The van der Waals surface area contributed by atoms with Crippen LogP contribution in [0.1, 0.15) is 19.4 Å². The maximum absolute atomic E-state index is 11.4. The molecule has 0 saturated heterocycles. The summed E-state index contributed by atoms with van der Waals surface area (Å²) in [4.78, 5) is 22.0. The standard InChI is InChI=1S/C12H16N2O3/c1-3-9-5-4-6-10(7-9)14-12(17)13-8(2)11(15)16/h4-8H,3H2,1-2H3,(H,15,16)(H2,13,14,17)/t8-/m0/s1. The minimum atomic E-state index is -1.07. The average Bonchev–Trinajstić information content (AvgIpc) is 2.28. The van der Waals surface area contributed by atoms with Crippen LogP contribution in [0.2, 0.25) is 0 Å². The van der Waals surface area contributed by atoms with Crippen LogP contribution in [-0.2, 0) is 11.2 Å². The number of carboxylic acids is 1. The number of carboxylic acid groups (broad SMARTS) is 1. The van der Waals surface area contributed by atoms with Gasteiger partial charge in [-0.15, -0.1) is 0 Å². The van der Waals surface area contributed by atoms with E-state index in [2.05, 4.69) is 10.6 Å². The molecule has 1 rings (SSSR count). The SMILES string of the molecule is CCc1cccc(NC(=O)N[C@@H](C)C(=O)O)c1. The van der Waals surface area contributed by atoms with Crippen molar-refractivity contribution in [3.8, 4) is 0 Å². The van der Waals surface area contributed by atoms with E-state index in [1.807, 2.05) is 25.1 Å². The average molecular weight is 236 g/mol. The first-order chi connectivity index (χ1) is 8.02. The molecule has 2 amide bonds. The molecule has 0 radical (unpaired) electrons. The van der Waals surface area contributed by atoms with Gasteiger partial charge in [0.15, 0.2) is 0 Å². The van der Waals surface area contributed by atoms with Crippen LogP contribution in [0.3, 0.4) is 0 Å². The fraction of sp³-hybridized carbons (Fsp3) is 0.333. The van der Waals surface area contributed by atoms with Crippen molar-refractivity contribution in [2.75, 3.05) is 5.32 Å². The van der Waals surface area contributed by atoms with Crippen molar-refractivity contribution in [3.05, 3.63) is 29.8 Å². The predicted molar refractivity (Wildman–Crippen MR) is 65.1 cm³/mol. The van der Waals surface area contributed by atoms with Crippen LogP contribution in [0, 0.1) is 0 Å². The number of urea groups is 1. The van der Waals surface area contributed by atoms with Gasteiger partial charge in [0, 0.05) is 5.69 Å². The zero-order chi connectivity index (χ0) is 12.8. The largest absolute Gasteiger partial charge is 0.480 e. The third-order valence-corrected chi connectivity index (χ3v) is 2.31. The smallest absolute Gasteiger partial charge is 0.325 e. The van der Waals surface area contributed by atoms with E-state index >= 15 is 0 Å². The van der Waals surface area contributed by atoms with Crippen molar-refractivity contribution in [1.82, 2.24) is 5.32 Å². The molecule has 0 unspecified atom stereocenters. The van der Waals surface area contributed by atoms with Gasteiger partial charge in [-0.1, -0.05) is 19.1 Å². The molecule has 5 heteroatoms. The first kappa shape index (κ1) is 13.0. The van der Waals surface area contributed by atoms with E-state index in [1.165, 1.54) is 6.92 Å². The number of hydrogen-bond donors (Lipinski definition) is 3. The van der Waals surface area contributed by atoms with Gasteiger partial charge in [-0.25, -0.2) is 4.79 Å². The molecule has 0 fully saturated rings. The maximum atomic E-state index is 11.4. The summed E-state index contributed by atoms with van der Waals surface area (Å²) in [5.74, 6) is -1.07. The number of anilines is 1. The number of hydrogen-bond acceptors (Lipinski definition) is 2. The third kappa shape index (κ3) is 4.14.